The Hall–Kier alpha value is -2.97. The van der Waals surface area contributed by atoms with Crippen molar-refractivity contribution >= 4 is 23.1 Å². The Morgan fingerprint density at radius 3 is 2.45 bits per heavy atom. The number of nitrogens with zero attached hydrogens (tertiary/aromatic N) is 4. The van der Waals surface area contributed by atoms with Crippen molar-refractivity contribution in [2.45, 2.75) is 12.6 Å². The lowest BCUT2D eigenvalue weighted by atomic mass is 9.97. The van der Waals surface area contributed by atoms with E-state index in [9.17, 15) is 18.0 Å². The number of Topliss-reactive ketones (excluding diaryl/α,β-unsaturated/α-hetero) is 1. The van der Waals surface area contributed by atoms with Crippen molar-refractivity contribution in [2.75, 3.05) is 38.1 Å². The van der Waals surface area contributed by atoms with Crippen molar-refractivity contribution < 1.29 is 18.0 Å². The molecule has 0 atom stereocenters. The maximum absolute atomic E-state index is 13.9. The molecule has 172 valence electrons. The molecule has 1 fully saturated rings. The number of piperazine rings is 1. The van der Waals surface area contributed by atoms with Crippen LogP contribution in [0.15, 0.2) is 54.9 Å². The van der Waals surface area contributed by atoms with Crippen molar-refractivity contribution in [3.8, 4) is 11.1 Å². The fourth-order valence-corrected chi connectivity index (χ4v) is 4.13. The number of alkyl halides is 3. The van der Waals surface area contributed by atoms with Gasteiger partial charge >= 0.3 is 6.18 Å². The Kier molecular flexibility index (Phi) is 6.67. The average molecular weight is 475 g/mol. The topological polar surface area (TPSA) is 49.3 Å². The lowest BCUT2D eigenvalue weighted by molar-refractivity contribution is -0.137. The van der Waals surface area contributed by atoms with Gasteiger partial charge in [0.1, 0.15) is 0 Å². The van der Waals surface area contributed by atoms with Crippen molar-refractivity contribution in [3.05, 3.63) is 76.6 Å². The van der Waals surface area contributed by atoms with E-state index in [4.69, 9.17) is 11.6 Å². The summed E-state index contributed by atoms with van der Waals surface area (Å²) < 4.78 is 41.6. The van der Waals surface area contributed by atoms with Crippen molar-refractivity contribution in [3.63, 3.8) is 0 Å². The minimum atomic E-state index is -4.51. The summed E-state index contributed by atoms with van der Waals surface area (Å²) in [6.07, 6.45) is -1.62. The van der Waals surface area contributed by atoms with E-state index in [-0.39, 0.29) is 17.9 Å². The number of benzene rings is 2. The van der Waals surface area contributed by atoms with Gasteiger partial charge in [0.2, 0.25) is 0 Å². The molecule has 33 heavy (non-hydrogen) atoms. The van der Waals surface area contributed by atoms with Gasteiger partial charge in [-0.25, -0.2) is 0 Å². The monoisotopic (exact) mass is 474 g/mol. The van der Waals surface area contributed by atoms with Crippen LogP contribution in [-0.2, 0) is 12.6 Å². The first kappa shape index (κ1) is 23.2. The van der Waals surface area contributed by atoms with Crippen LogP contribution in [0.4, 0.5) is 18.9 Å². The van der Waals surface area contributed by atoms with E-state index >= 15 is 0 Å². The number of likely N-dealkylation sites (N-methyl/N-ethyl adjacent to an activating group) is 1. The minimum absolute atomic E-state index is 0.151. The number of halogens is 4. The third kappa shape index (κ3) is 5.34. The molecule has 0 aliphatic carbocycles. The average Bonchev–Trinajstić information content (AvgIpc) is 2.80. The van der Waals surface area contributed by atoms with E-state index in [0.29, 0.717) is 53.5 Å². The summed E-state index contributed by atoms with van der Waals surface area (Å²) in [4.78, 5) is 16.8. The van der Waals surface area contributed by atoms with E-state index in [2.05, 4.69) is 15.1 Å². The lowest BCUT2D eigenvalue weighted by Crippen LogP contribution is -2.45. The SMILES string of the molecule is CN1CCN(c2ccc(CC(=O)c3ccc(Cl)c(-c4ccnnc4)c3)cc2C(F)(F)F)CC1. The summed E-state index contributed by atoms with van der Waals surface area (Å²) in [5, 5.41) is 7.99. The fraction of sp³-hybridized carbons (Fsp3) is 0.292. The molecule has 0 radical (unpaired) electrons. The second-order valence-electron chi connectivity index (χ2n) is 8.07. The highest BCUT2D eigenvalue weighted by Gasteiger charge is 2.35. The van der Waals surface area contributed by atoms with Crippen LogP contribution in [0, 0.1) is 0 Å². The zero-order valence-corrected chi connectivity index (χ0v) is 18.7. The fourth-order valence-electron chi connectivity index (χ4n) is 3.90. The number of anilines is 1. The number of aromatic nitrogens is 2. The van der Waals surface area contributed by atoms with Crippen molar-refractivity contribution in [1.82, 2.24) is 15.1 Å². The Morgan fingerprint density at radius 2 is 1.79 bits per heavy atom. The lowest BCUT2D eigenvalue weighted by Gasteiger charge is -2.35. The normalized spacial score (nSPS) is 15.0. The van der Waals surface area contributed by atoms with Crippen molar-refractivity contribution in [1.29, 1.82) is 0 Å². The zero-order valence-electron chi connectivity index (χ0n) is 17.9. The highest BCUT2D eigenvalue weighted by Crippen LogP contribution is 2.38. The molecule has 2 heterocycles. The number of hydrogen-bond acceptors (Lipinski definition) is 5. The standard InChI is InChI=1S/C24H22ClF3N4O/c1-31-8-10-32(11-9-31)22-5-2-16(12-20(22)24(26,27)28)13-23(33)17-3-4-21(25)19(14-17)18-6-7-29-30-15-18/h2-7,12,14-15H,8-11,13H2,1H3. The molecule has 0 bridgehead atoms. The number of carbonyl (C=O) groups excluding carboxylic acids is 1. The molecule has 1 aliphatic rings. The molecule has 2 aromatic carbocycles. The molecule has 3 aromatic rings. The zero-order chi connectivity index (χ0) is 23.6. The van der Waals surface area contributed by atoms with Crippen LogP contribution in [0.1, 0.15) is 21.5 Å². The predicted octanol–water partition coefficient (Wildman–Crippen LogP) is 4.99. The summed E-state index contributed by atoms with van der Waals surface area (Å²) in [6.45, 7) is 2.44. The summed E-state index contributed by atoms with van der Waals surface area (Å²) in [6, 6.07) is 10.7. The van der Waals surface area contributed by atoms with E-state index in [1.54, 1.807) is 35.2 Å². The van der Waals surface area contributed by atoms with Gasteiger partial charge in [0.25, 0.3) is 0 Å². The number of carbonyl (C=O) groups is 1. The van der Waals surface area contributed by atoms with Gasteiger partial charge in [-0.1, -0.05) is 17.7 Å². The van der Waals surface area contributed by atoms with Crippen LogP contribution < -0.4 is 4.90 Å². The highest BCUT2D eigenvalue weighted by molar-refractivity contribution is 6.33. The Bertz CT molecular complexity index is 1150. The second-order valence-corrected chi connectivity index (χ2v) is 8.47. The number of hydrogen-bond donors (Lipinski definition) is 0. The number of rotatable bonds is 5. The number of ketones is 1. The summed E-state index contributed by atoms with van der Waals surface area (Å²) in [7, 11) is 1.95. The highest BCUT2D eigenvalue weighted by atomic mass is 35.5. The van der Waals surface area contributed by atoms with E-state index in [1.165, 1.54) is 18.5 Å². The van der Waals surface area contributed by atoms with E-state index in [1.807, 2.05) is 7.05 Å². The Labute approximate surface area is 194 Å². The maximum atomic E-state index is 13.9. The van der Waals surface area contributed by atoms with Gasteiger partial charge in [0.15, 0.2) is 5.78 Å². The Morgan fingerprint density at radius 1 is 1.03 bits per heavy atom. The molecule has 0 N–H and O–H groups in total. The summed E-state index contributed by atoms with van der Waals surface area (Å²) >= 11 is 6.27. The molecule has 5 nitrogen and oxygen atoms in total. The van der Waals surface area contributed by atoms with Crippen LogP contribution in [0.2, 0.25) is 5.02 Å². The van der Waals surface area contributed by atoms with Gasteiger partial charge in [-0.15, -0.1) is 0 Å². The van der Waals surface area contributed by atoms with Crippen molar-refractivity contribution in [2.24, 2.45) is 0 Å². The van der Waals surface area contributed by atoms with Crippen LogP contribution in [0.3, 0.4) is 0 Å². The molecule has 0 amide bonds. The first-order valence-corrected chi connectivity index (χ1v) is 10.8. The third-order valence-electron chi connectivity index (χ3n) is 5.76. The van der Waals surface area contributed by atoms with Gasteiger partial charge < -0.3 is 9.80 Å². The van der Waals surface area contributed by atoms with Gasteiger partial charge in [0, 0.05) is 60.0 Å². The van der Waals surface area contributed by atoms with Crippen LogP contribution in [0.5, 0.6) is 0 Å². The van der Waals surface area contributed by atoms with Gasteiger partial charge in [-0.3, -0.25) is 4.79 Å². The molecule has 0 saturated carbocycles. The smallest absolute Gasteiger partial charge is 0.368 e. The maximum Gasteiger partial charge on any atom is 0.418 e. The molecule has 1 aromatic heterocycles. The first-order chi connectivity index (χ1) is 15.7. The minimum Gasteiger partial charge on any atom is -0.368 e. The molecule has 1 saturated heterocycles. The van der Waals surface area contributed by atoms with Crippen LogP contribution in [-0.4, -0.2) is 54.1 Å². The first-order valence-electron chi connectivity index (χ1n) is 10.5. The van der Waals surface area contributed by atoms with E-state index < -0.39 is 11.7 Å². The molecular weight excluding hydrogens is 453 g/mol. The summed E-state index contributed by atoms with van der Waals surface area (Å²) in [5.41, 5.74) is 1.43. The third-order valence-corrected chi connectivity index (χ3v) is 6.09. The van der Waals surface area contributed by atoms with Crippen LogP contribution in [0.25, 0.3) is 11.1 Å². The second kappa shape index (κ2) is 9.49. The molecule has 4 rings (SSSR count). The molecule has 9 heteroatoms. The molecule has 1 aliphatic heterocycles. The summed E-state index contributed by atoms with van der Waals surface area (Å²) in [5.74, 6) is -0.296. The van der Waals surface area contributed by atoms with Gasteiger partial charge in [0.05, 0.1) is 18.0 Å². The van der Waals surface area contributed by atoms with E-state index in [0.717, 1.165) is 6.07 Å². The quantitative estimate of drug-likeness (QED) is 0.487. The molecular formula is C24H22ClF3N4O. The molecule has 0 spiro atoms. The Balaban J connectivity index is 1.60. The van der Waals surface area contributed by atoms with Gasteiger partial charge in [-0.2, -0.15) is 23.4 Å². The largest absolute Gasteiger partial charge is 0.418 e. The van der Waals surface area contributed by atoms with Gasteiger partial charge in [-0.05, 0) is 49.0 Å². The van der Waals surface area contributed by atoms with Crippen LogP contribution >= 0.6 is 11.6 Å². The molecule has 0 unspecified atom stereocenters. The predicted molar refractivity (Wildman–Crippen MR) is 122 cm³/mol.